The van der Waals surface area contributed by atoms with Gasteiger partial charge in [-0.25, -0.2) is 0 Å². The largest absolute Gasteiger partial charge is 0.321 e. The summed E-state index contributed by atoms with van der Waals surface area (Å²) in [6.07, 6.45) is 1.93. The molecule has 0 spiro atoms. The third-order valence-electron chi connectivity index (χ3n) is 4.48. The molecule has 4 aromatic rings. The van der Waals surface area contributed by atoms with E-state index in [2.05, 4.69) is 5.32 Å². The highest BCUT2D eigenvalue weighted by molar-refractivity contribution is 6.30. The molecule has 27 heavy (non-hydrogen) atoms. The van der Waals surface area contributed by atoms with Crippen molar-refractivity contribution in [2.24, 2.45) is 0 Å². The van der Waals surface area contributed by atoms with Gasteiger partial charge in [0, 0.05) is 16.6 Å². The Balaban J connectivity index is 1.74. The average molecular weight is 349 g/mol. The smallest absolute Gasteiger partial charge is 0.256 e. The molecule has 130 valence electrons. The Labute approximate surface area is 158 Å². The van der Waals surface area contributed by atoms with E-state index in [0.29, 0.717) is 5.57 Å². The Morgan fingerprint density at radius 2 is 1.30 bits per heavy atom. The van der Waals surface area contributed by atoms with Gasteiger partial charge in [-0.15, -0.1) is 0 Å². The van der Waals surface area contributed by atoms with Crippen molar-refractivity contribution in [1.29, 1.82) is 0 Å². The lowest BCUT2D eigenvalue weighted by molar-refractivity contribution is -0.111. The van der Waals surface area contributed by atoms with Crippen molar-refractivity contribution in [1.82, 2.24) is 0 Å². The van der Waals surface area contributed by atoms with Crippen LogP contribution < -0.4 is 5.32 Å². The Morgan fingerprint density at radius 3 is 2.07 bits per heavy atom. The number of fused-ring (bicyclic) bond motifs is 1. The van der Waals surface area contributed by atoms with E-state index in [9.17, 15) is 4.79 Å². The van der Waals surface area contributed by atoms with Crippen LogP contribution in [0, 0.1) is 0 Å². The van der Waals surface area contributed by atoms with Crippen LogP contribution >= 0.6 is 0 Å². The average Bonchev–Trinajstić information content (AvgIpc) is 2.73. The van der Waals surface area contributed by atoms with E-state index in [0.717, 1.165) is 27.6 Å². The van der Waals surface area contributed by atoms with Gasteiger partial charge >= 0.3 is 0 Å². The molecule has 4 rings (SSSR count). The third-order valence-corrected chi connectivity index (χ3v) is 4.48. The van der Waals surface area contributed by atoms with Gasteiger partial charge < -0.3 is 5.32 Å². The molecule has 0 aliphatic rings. The molecule has 0 aliphatic carbocycles. The maximum Gasteiger partial charge on any atom is 0.256 e. The first-order valence-electron chi connectivity index (χ1n) is 8.92. The first-order valence-corrected chi connectivity index (χ1v) is 8.92. The highest BCUT2D eigenvalue weighted by atomic mass is 16.1. The number of rotatable bonds is 4. The van der Waals surface area contributed by atoms with Crippen molar-refractivity contribution in [3.63, 3.8) is 0 Å². The molecule has 0 aromatic heterocycles. The number of carbonyl (C=O) groups excluding carboxylic acids is 1. The lowest BCUT2D eigenvalue weighted by Gasteiger charge is -2.12. The van der Waals surface area contributed by atoms with Crippen molar-refractivity contribution in [2.75, 3.05) is 5.32 Å². The summed E-state index contributed by atoms with van der Waals surface area (Å²) in [6.45, 7) is 0. The topological polar surface area (TPSA) is 29.1 Å². The molecule has 2 heteroatoms. The second-order valence-corrected chi connectivity index (χ2v) is 6.32. The van der Waals surface area contributed by atoms with E-state index in [-0.39, 0.29) is 5.91 Å². The molecule has 0 saturated heterocycles. The molecule has 2 nitrogen and oxygen atoms in total. The Hall–Kier alpha value is -3.65. The van der Waals surface area contributed by atoms with E-state index >= 15 is 0 Å². The predicted molar refractivity (Wildman–Crippen MR) is 113 cm³/mol. The predicted octanol–water partition coefficient (Wildman–Crippen LogP) is 6.02. The van der Waals surface area contributed by atoms with Crippen LogP contribution in [0.5, 0.6) is 0 Å². The number of amides is 1. The fourth-order valence-electron chi connectivity index (χ4n) is 3.14. The summed E-state index contributed by atoms with van der Waals surface area (Å²) >= 11 is 0. The maximum absolute atomic E-state index is 13.2. The number of hydrogen-bond acceptors (Lipinski definition) is 1. The Bertz CT molecular complexity index is 1090. The van der Waals surface area contributed by atoms with Crippen LogP contribution in [0.1, 0.15) is 11.1 Å². The molecule has 0 aliphatic heterocycles. The van der Waals surface area contributed by atoms with Gasteiger partial charge in [0.1, 0.15) is 0 Å². The van der Waals surface area contributed by atoms with E-state index in [1.807, 2.05) is 109 Å². The number of benzene rings is 4. The van der Waals surface area contributed by atoms with Gasteiger partial charge in [-0.05, 0) is 28.7 Å². The molecule has 0 atom stereocenters. The van der Waals surface area contributed by atoms with Gasteiger partial charge in [0.2, 0.25) is 0 Å². The van der Waals surface area contributed by atoms with Crippen LogP contribution in [-0.4, -0.2) is 5.91 Å². The summed E-state index contributed by atoms with van der Waals surface area (Å²) in [7, 11) is 0. The molecule has 0 fully saturated rings. The van der Waals surface area contributed by atoms with Crippen LogP contribution in [0.2, 0.25) is 0 Å². The number of hydrogen-bond donors (Lipinski definition) is 1. The summed E-state index contributed by atoms with van der Waals surface area (Å²) in [4.78, 5) is 13.2. The fourth-order valence-corrected chi connectivity index (χ4v) is 3.14. The second kappa shape index (κ2) is 7.71. The second-order valence-electron chi connectivity index (χ2n) is 6.32. The molecule has 0 saturated carbocycles. The van der Waals surface area contributed by atoms with Gasteiger partial charge in [0.25, 0.3) is 5.91 Å². The minimum absolute atomic E-state index is 0.124. The molecular formula is C25H19NO. The van der Waals surface area contributed by atoms with E-state index in [1.165, 1.54) is 0 Å². The fraction of sp³-hybridized carbons (Fsp3) is 0. The summed E-state index contributed by atoms with van der Waals surface area (Å²) in [5.74, 6) is -0.124. The molecule has 1 N–H and O–H groups in total. The standard InChI is InChI=1S/C25H19NO/c27-25(26-24-17-9-15-20-14-7-8-16-22(20)24)23(21-12-5-2-6-13-21)18-19-10-3-1-4-11-19/h1-18H,(H,26,27). The van der Waals surface area contributed by atoms with Crippen molar-refractivity contribution in [3.8, 4) is 0 Å². The summed E-state index contributed by atoms with van der Waals surface area (Å²) in [5, 5.41) is 5.23. The van der Waals surface area contributed by atoms with Gasteiger partial charge in [0.15, 0.2) is 0 Å². The maximum atomic E-state index is 13.2. The van der Waals surface area contributed by atoms with Gasteiger partial charge in [-0.3, -0.25) is 4.79 Å². The van der Waals surface area contributed by atoms with Crippen LogP contribution in [0.3, 0.4) is 0 Å². The first-order chi connectivity index (χ1) is 13.3. The zero-order valence-corrected chi connectivity index (χ0v) is 14.8. The molecule has 1 amide bonds. The van der Waals surface area contributed by atoms with Crippen molar-refractivity contribution >= 4 is 34.0 Å². The SMILES string of the molecule is O=C(Nc1cccc2ccccc12)C(=Cc1ccccc1)c1ccccc1. The molecular weight excluding hydrogens is 330 g/mol. The van der Waals surface area contributed by atoms with Crippen LogP contribution in [0.25, 0.3) is 22.4 Å². The molecule has 0 heterocycles. The summed E-state index contributed by atoms with van der Waals surface area (Å²) in [6, 6.07) is 33.6. The number of carbonyl (C=O) groups is 1. The normalized spacial score (nSPS) is 11.3. The van der Waals surface area contributed by atoms with E-state index in [4.69, 9.17) is 0 Å². The Kier molecular flexibility index (Phi) is 4.80. The summed E-state index contributed by atoms with van der Waals surface area (Å²) in [5.41, 5.74) is 3.33. The molecule has 4 aromatic carbocycles. The van der Waals surface area contributed by atoms with Crippen molar-refractivity contribution in [2.45, 2.75) is 0 Å². The lowest BCUT2D eigenvalue weighted by atomic mass is 10.0. The Morgan fingerprint density at radius 1 is 0.667 bits per heavy atom. The highest BCUT2D eigenvalue weighted by Crippen LogP contribution is 2.26. The van der Waals surface area contributed by atoms with Crippen LogP contribution in [-0.2, 0) is 4.79 Å². The first kappa shape index (κ1) is 16.8. The minimum Gasteiger partial charge on any atom is -0.321 e. The quantitative estimate of drug-likeness (QED) is 0.354. The van der Waals surface area contributed by atoms with Gasteiger partial charge in [-0.1, -0.05) is 97.1 Å². The van der Waals surface area contributed by atoms with Crippen molar-refractivity contribution < 1.29 is 4.79 Å². The van der Waals surface area contributed by atoms with Crippen LogP contribution in [0.4, 0.5) is 5.69 Å². The number of anilines is 1. The van der Waals surface area contributed by atoms with Crippen molar-refractivity contribution in [3.05, 3.63) is 114 Å². The lowest BCUT2D eigenvalue weighted by Crippen LogP contribution is -2.14. The van der Waals surface area contributed by atoms with Gasteiger partial charge in [-0.2, -0.15) is 0 Å². The molecule has 0 unspecified atom stereocenters. The highest BCUT2D eigenvalue weighted by Gasteiger charge is 2.13. The summed E-state index contributed by atoms with van der Waals surface area (Å²) < 4.78 is 0. The van der Waals surface area contributed by atoms with E-state index in [1.54, 1.807) is 0 Å². The number of nitrogens with one attached hydrogen (secondary N) is 1. The molecule has 0 bridgehead atoms. The monoisotopic (exact) mass is 349 g/mol. The zero-order chi connectivity index (χ0) is 18.5. The van der Waals surface area contributed by atoms with E-state index < -0.39 is 0 Å². The van der Waals surface area contributed by atoms with Crippen LogP contribution in [0.15, 0.2) is 103 Å². The van der Waals surface area contributed by atoms with Gasteiger partial charge in [0.05, 0.1) is 0 Å². The zero-order valence-electron chi connectivity index (χ0n) is 14.8. The molecule has 0 radical (unpaired) electrons. The minimum atomic E-state index is -0.124. The third kappa shape index (κ3) is 3.80.